The van der Waals surface area contributed by atoms with Gasteiger partial charge in [-0.2, -0.15) is 0 Å². The van der Waals surface area contributed by atoms with Crippen LogP contribution in [0, 0.1) is 0 Å². The summed E-state index contributed by atoms with van der Waals surface area (Å²) in [7, 11) is 0. The number of nitrogens with zero attached hydrogens (tertiary/aromatic N) is 2. The van der Waals surface area contributed by atoms with Gasteiger partial charge in [0.2, 0.25) is 0 Å². The number of nitrogens with two attached hydrogens (primary N) is 1. The van der Waals surface area contributed by atoms with Crippen LogP contribution in [0.5, 0.6) is 0 Å². The number of imidazole rings is 1. The first-order chi connectivity index (χ1) is 3.72. The molecule has 2 N–H and O–H groups in total. The molecule has 0 spiro atoms. The fourth-order valence-electron chi connectivity index (χ4n) is 0.323. The van der Waals surface area contributed by atoms with E-state index >= 15 is 0 Å². The Morgan fingerprint density at radius 3 is 2.38 bits per heavy atom. The number of hydrogen-bond donors (Lipinski definition) is 1. The number of hydrogen-bond acceptors (Lipinski definition) is 2. The van der Waals surface area contributed by atoms with Crippen LogP contribution in [0.2, 0.25) is 10.3 Å². The van der Waals surface area contributed by atoms with Gasteiger partial charge in [-0.3, -0.25) is 0 Å². The van der Waals surface area contributed by atoms with Crippen molar-refractivity contribution in [3.63, 3.8) is 0 Å². The third kappa shape index (κ3) is 0.743. The zero-order valence-electron chi connectivity index (χ0n) is 3.81. The average molecular weight is 152 g/mol. The molecule has 3 nitrogen and oxygen atoms in total. The van der Waals surface area contributed by atoms with Gasteiger partial charge in [-0.1, -0.05) is 23.2 Å². The highest BCUT2D eigenvalue weighted by molar-refractivity contribution is 6.40. The lowest BCUT2D eigenvalue weighted by Crippen LogP contribution is -2.04. The van der Waals surface area contributed by atoms with Crippen molar-refractivity contribution in [1.82, 2.24) is 9.66 Å². The SMILES string of the molecule is Nn1cnc(Cl)c1Cl. The molecule has 0 aliphatic carbocycles. The van der Waals surface area contributed by atoms with Crippen LogP contribution in [0.4, 0.5) is 0 Å². The molecule has 8 heavy (non-hydrogen) atoms. The van der Waals surface area contributed by atoms with Crippen LogP contribution >= 0.6 is 23.2 Å². The molecule has 1 aromatic heterocycles. The summed E-state index contributed by atoms with van der Waals surface area (Å²) in [5, 5.41) is 0.487. The zero-order valence-corrected chi connectivity index (χ0v) is 5.32. The molecule has 0 aliphatic heterocycles. The first-order valence-electron chi connectivity index (χ1n) is 1.85. The maximum atomic E-state index is 5.44. The predicted molar refractivity (Wildman–Crippen MR) is 32.4 cm³/mol. The molecule has 0 atom stereocenters. The Morgan fingerprint density at radius 1 is 1.62 bits per heavy atom. The van der Waals surface area contributed by atoms with Crippen molar-refractivity contribution in [2.75, 3.05) is 5.84 Å². The quantitative estimate of drug-likeness (QED) is 0.561. The summed E-state index contributed by atoms with van der Waals surface area (Å²) in [5.74, 6) is 5.18. The molecular formula is C3H3Cl2N3. The molecule has 0 aliphatic rings. The van der Waals surface area contributed by atoms with Crippen LogP contribution in [0.3, 0.4) is 0 Å². The van der Waals surface area contributed by atoms with E-state index < -0.39 is 0 Å². The zero-order chi connectivity index (χ0) is 6.15. The summed E-state index contributed by atoms with van der Waals surface area (Å²) in [5.41, 5.74) is 0. The van der Waals surface area contributed by atoms with Gasteiger partial charge in [-0.15, -0.1) is 0 Å². The van der Waals surface area contributed by atoms with Crippen molar-refractivity contribution in [2.45, 2.75) is 0 Å². The average Bonchev–Trinajstić information content (AvgIpc) is 1.98. The van der Waals surface area contributed by atoms with Crippen LogP contribution in [0.25, 0.3) is 0 Å². The molecular weight excluding hydrogens is 149 g/mol. The molecule has 0 fully saturated rings. The summed E-state index contributed by atoms with van der Waals surface area (Å²) < 4.78 is 1.14. The highest BCUT2D eigenvalue weighted by atomic mass is 35.5. The first kappa shape index (κ1) is 5.72. The van der Waals surface area contributed by atoms with Crippen LogP contribution in [-0.2, 0) is 0 Å². The van der Waals surface area contributed by atoms with E-state index in [2.05, 4.69) is 4.98 Å². The third-order valence-electron chi connectivity index (χ3n) is 0.692. The molecule has 1 heterocycles. The van der Waals surface area contributed by atoms with Gasteiger partial charge >= 0.3 is 0 Å². The second-order valence-corrected chi connectivity index (χ2v) is 1.95. The normalized spacial score (nSPS) is 9.75. The number of aromatic nitrogens is 2. The molecule has 0 saturated heterocycles. The minimum atomic E-state index is 0.231. The fourth-order valence-corrected chi connectivity index (χ4v) is 0.557. The maximum absolute atomic E-state index is 5.44. The highest BCUT2D eigenvalue weighted by Gasteiger charge is 2.00. The van der Waals surface area contributed by atoms with E-state index in [1.165, 1.54) is 6.33 Å². The molecule has 0 unspecified atom stereocenters. The van der Waals surface area contributed by atoms with Crippen molar-refractivity contribution in [1.29, 1.82) is 0 Å². The smallest absolute Gasteiger partial charge is 0.168 e. The first-order valence-corrected chi connectivity index (χ1v) is 2.61. The van der Waals surface area contributed by atoms with E-state index in [4.69, 9.17) is 29.0 Å². The van der Waals surface area contributed by atoms with Gasteiger partial charge < -0.3 is 5.84 Å². The fraction of sp³-hybridized carbons (Fsp3) is 0. The van der Waals surface area contributed by atoms with E-state index in [1.807, 2.05) is 0 Å². The van der Waals surface area contributed by atoms with E-state index in [1.54, 1.807) is 0 Å². The van der Waals surface area contributed by atoms with Crippen molar-refractivity contribution in [3.8, 4) is 0 Å². The van der Waals surface area contributed by atoms with E-state index in [0.29, 0.717) is 0 Å². The molecule has 0 amide bonds. The standard InChI is InChI=1S/C3H3Cl2N3/c4-2-3(5)8(6)1-7-2/h1H,6H2. The lowest BCUT2D eigenvalue weighted by molar-refractivity contribution is 1.00. The molecule has 0 radical (unpaired) electrons. The maximum Gasteiger partial charge on any atom is 0.168 e. The second kappa shape index (κ2) is 1.84. The Labute approximate surface area is 56.0 Å². The molecule has 0 bridgehead atoms. The minimum absolute atomic E-state index is 0.231. The van der Waals surface area contributed by atoms with Gasteiger partial charge in [0.15, 0.2) is 10.3 Å². The summed E-state index contributed by atoms with van der Waals surface area (Å²) >= 11 is 10.8. The minimum Gasteiger partial charge on any atom is -0.337 e. The Hall–Kier alpha value is -0.410. The van der Waals surface area contributed by atoms with Gasteiger partial charge in [0.05, 0.1) is 0 Å². The van der Waals surface area contributed by atoms with E-state index in [-0.39, 0.29) is 10.3 Å². The molecule has 44 valence electrons. The largest absolute Gasteiger partial charge is 0.337 e. The number of nitrogen functional groups attached to an aromatic ring is 1. The highest BCUT2D eigenvalue weighted by Crippen LogP contribution is 2.16. The van der Waals surface area contributed by atoms with Crippen LogP contribution in [0.1, 0.15) is 0 Å². The Morgan fingerprint density at radius 2 is 2.25 bits per heavy atom. The van der Waals surface area contributed by atoms with Crippen molar-refractivity contribution >= 4 is 23.2 Å². The van der Waals surface area contributed by atoms with Crippen LogP contribution in [0.15, 0.2) is 6.33 Å². The lowest BCUT2D eigenvalue weighted by atomic mass is 10.9. The third-order valence-corrected chi connectivity index (χ3v) is 1.44. The van der Waals surface area contributed by atoms with Gasteiger partial charge in [0, 0.05) is 0 Å². The summed E-state index contributed by atoms with van der Waals surface area (Å²) in [4.78, 5) is 3.59. The molecule has 1 rings (SSSR count). The topological polar surface area (TPSA) is 43.8 Å². The summed E-state index contributed by atoms with van der Waals surface area (Å²) in [6.45, 7) is 0. The number of halogens is 2. The monoisotopic (exact) mass is 151 g/mol. The van der Waals surface area contributed by atoms with E-state index in [0.717, 1.165) is 4.68 Å². The van der Waals surface area contributed by atoms with Gasteiger partial charge in [-0.25, -0.2) is 9.66 Å². The summed E-state index contributed by atoms with van der Waals surface area (Å²) in [6.07, 6.45) is 1.34. The molecule has 5 heteroatoms. The molecule has 0 saturated carbocycles. The molecule has 1 aromatic rings. The Kier molecular flexibility index (Phi) is 1.31. The number of rotatable bonds is 0. The van der Waals surface area contributed by atoms with Crippen molar-refractivity contribution in [3.05, 3.63) is 16.6 Å². The van der Waals surface area contributed by atoms with Gasteiger partial charge in [-0.05, 0) is 0 Å². The van der Waals surface area contributed by atoms with Gasteiger partial charge in [0.1, 0.15) is 6.33 Å². The Bertz CT molecular complexity index is 175. The van der Waals surface area contributed by atoms with E-state index in [9.17, 15) is 0 Å². The molecule has 0 aromatic carbocycles. The predicted octanol–water partition coefficient (Wildman–Crippen LogP) is 0.904. The van der Waals surface area contributed by atoms with Gasteiger partial charge in [0.25, 0.3) is 0 Å². The summed E-state index contributed by atoms with van der Waals surface area (Å²) in [6, 6.07) is 0. The van der Waals surface area contributed by atoms with Crippen molar-refractivity contribution < 1.29 is 0 Å². The van der Waals surface area contributed by atoms with Crippen molar-refractivity contribution in [2.24, 2.45) is 0 Å². The van der Waals surface area contributed by atoms with Crippen LogP contribution < -0.4 is 5.84 Å². The van der Waals surface area contributed by atoms with Crippen LogP contribution in [-0.4, -0.2) is 9.66 Å². The Balaban J connectivity index is 3.19. The lowest BCUT2D eigenvalue weighted by Gasteiger charge is -1.87. The second-order valence-electron chi connectivity index (χ2n) is 1.23.